The summed E-state index contributed by atoms with van der Waals surface area (Å²) >= 11 is 0. The van der Waals surface area contributed by atoms with E-state index in [0.717, 1.165) is 105 Å². The zero-order valence-corrected chi connectivity index (χ0v) is 55.1. The van der Waals surface area contributed by atoms with E-state index in [1.54, 1.807) is 0 Å². The van der Waals surface area contributed by atoms with Crippen molar-refractivity contribution in [3.05, 3.63) is 0 Å². The van der Waals surface area contributed by atoms with Crippen LogP contribution in [0.4, 0.5) is 0 Å². The summed E-state index contributed by atoms with van der Waals surface area (Å²) in [5.41, 5.74) is -1.63. The molecule has 29 nitrogen and oxygen atoms in total. The molecule has 14 fully saturated rings. The molecule has 1 aliphatic carbocycles. The highest BCUT2D eigenvalue weighted by molar-refractivity contribution is 4.86. The van der Waals surface area contributed by atoms with Crippen molar-refractivity contribution >= 4 is 0 Å². The summed E-state index contributed by atoms with van der Waals surface area (Å²) < 4.78 is 146. The Morgan fingerprint density at radius 3 is 0.860 bits per heavy atom. The number of hydrogen-bond acceptors (Lipinski definition) is 29. The van der Waals surface area contributed by atoms with Crippen LogP contribution in [0.1, 0.15) is 39.5 Å². The monoisotopic (exact) mass is 1340 g/mol. The average molecular weight is 1340 g/mol. The van der Waals surface area contributed by atoms with Gasteiger partial charge in [-0.1, -0.05) is 13.8 Å². The molecule has 14 unspecified atom stereocenters. The largest absolute Gasteiger partial charge is 0.388 e. The van der Waals surface area contributed by atoms with Gasteiger partial charge in [0, 0.05) is 6.61 Å². The number of aliphatic hydroxyl groups is 2. The molecule has 14 atom stereocenters. The Morgan fingerprint density at radius 2 is 0.570 bits per heavy atom. The van der Waals surface area contributed by atoms with E-state index >= 15 is 0 Å². The van der Waals surface area contributed by atoms with Crippen molar-refractivity contribution in [1.82, 2.24) is 0 Å². The topological polar surface area (TPSA) is 333 Å². The molecular weight excluding hydrogens is 1230 g/mol. The molecular formula is C64H110O29. The first-order valence-electron chi connectivity index (χ1n) is 34.2. The molecule has 0 aromatic rings. The second-order valence-corrected chi connectivity index (χ2v) is 26.7. The molecule has 14 rings (SSSR count). The molecule has 2 N–H and O–H groups in total. The number of epoxide rings is 13. The van der Waals surface area contributed by atoms with Crippen LogP contribution in [-0.2, 0) is 128 Å². The van der Waals surface area contributed by atoms with Gasteiger partial charge in [-0.25, -0.2) is 0 Å². The van der Waals surface area contributed by atoms with Crippen LogP contribution in [0.5, 0.6) is 0 Å². The Hall–Kier alpha value is -1.16. The SMILES string of the molecule is C(OCC(COCC1CO1)(COCC1CO1)COCC1CO1)C1CO1.C1CC1COCC(COCC1CO1)OCC1CO1.CCC(COCC1CO1)(COCC1CO1)OCC1CO1.CCC(O)(COCC1CO1)COCC1CO1.OC(COCC1CO1)COCC1CO1. The van der Waals surface area contributed by atoms with Gasteiger partial charge in [-0.15, -0.1) is 0 Å². The van der Waals surface area contributed by atoms with E-state index in [2.05, 4.69) is 6.92 Å². The summed E-state index contributed by atoms with van der Waals surface area (Å²) in [4.78, 5) is 0. The Labute approximate surface area is 547 Å². The predicted molar refractivity (Wildman–Crippen MR) is 322 cm³/mol. The summed E-state index contributed by atoms with van der Waals surface area (Å²) in [6, 6.07) is 0. The van der Waals surface area contributed by atoms with Crippen molar-refractivity contribution in [3.63, 3.8) is 0 Å². The van der Waals surface area contributed by atoms with Gasteiger partial charge in [-0.3, -0.25) is 0 Å². The minimum absolute atomic E-state index is 0.0201. The van der Waals surface area contributed by atoms with Crippen LogP contribution >= 0.6 is 0 Å². The fraction of sp³-hybridized carbons (Fsp3) is 1.00. The second kappa shape index (κ2) is 40.3. The van der Waals surface area contributed by atoms with Gasteiger partial charge in [0.1, 0.15) is 103 Å². The van der Waals surface area contributed by atoms with Gasteiger partial charge >= 0.3 is 0 Å². The van der Waals surface area contributed by atoms with Crippen LogP contribution < -0.4 is 0 Å². The highest BCUT2D eigenvalue weighted by Gasteiger charge is 2.40. The minimum Gasteiger partial charge on any atom is -0.388 e. The predicted octanol–water partition coefficient (Wildman–Crippen LogP) is -0.235. The van der Waals surface area contributed by atoms with E-state index in [4.69, 9.17) is 128 Å². The summed E-state index contributed by atoms with van der Waals surface area (Å²) in [5, 5.41) is 19.5. The lowest BCUT2D eigenvalue weighted by Crippen LogP contribution is -2.44. The van der Waals surface area contributed by atoms with Crippen molar-refractivity contribution in [2.45, 2.75) is 142 Å². The molecule has 13 aliphatic heterocycles. The number of aliphatic hydroxyl groups excluding tert-OH is 1. The van der Waals surface area contributed by atoms with Crippen molar-refractivity contribution < 1.29 is 138 Å². The fourth-order valence-electron chi connectivity index (χ4n) is 8.56. The zero-order chi connectivity index (χ0) is 64.2. The van der Waals surface area contributed by atoms with Crippen molar-refractivity contribution in [3.8, 4) is 0 Å². The lowest BCUT2D eigenvalue weighted by molar-refractivity contribution is -0.142. The molecule has 0 spiro atoms. The summed E-state index contributed by atoms with van der Waals surface area (Å²) in [7, 11) is 0. The molecule has 13 saturated heterocycles. The lowest BCUT2D eigenvalue weighted by atomic mass is 9.92. The van der Waals surface area contributed by atoms with Gasteiger partial charge in [-0.05, 0) is 31.6 Å². The third kappa shape index (κ3) is 37.7. The summed E-state index contributed by atoms with van der Waals surface area (Å²) in [5.74, 6) is 0.790. The van der Waals surface area contributed by atoms with Gasteiger partial charge in [0.15, 0.2) is 0 Å². The van der Waals surface area contributed by atoms with Crippen molar-refractivity contribution in [2.24, 2.45) is 11.3 Å². The minimum atomic E-state index is -0.885. The number of ether oxygens (including phenoxy) is 27. The highest BCUT2D eigenvalue weighted by Crippen LogP contribution is 2.30. The van der Waals surface area contributed by atoms with Gasteiger partial charge in [0.2, 0.25) is 0 Å². The average Bonchev–Trinajstić information content (AvgIpc) is 2.05. The second-order valence-electron chi connectivity index (χ2n) is 26.7. The van der Waals surface area contributed by atoms with Crippen LogP contribution in [0.2, 0.25) is 0 Å². The third-order valence-electron chi connectivity index (χ3n) is 16.4. The Bertz CT molecular complexity index is 1800. The van der Waals surface area contributed by atoms with Crippen molar-refractivity contribution in [2.75, 3.05) is 258 Å². The molecule has 29 heteroatoms. The first kappa shape index (κ1) is 74.5. The molecule has 93 heavy (non-hydrogen) atoms. The maximum Gasteiger partial charge on any atom is 0.114 e. The molecule has 540 valence electrons. The van der Waals surface area contributed by atoms with Crippen molar-refractivity contribution in [1.29, 1.82) is 0 Å². The van der Waals surface area contributed by atoms with Crippen LogP contribution in [0.15, 0.2) is 0 Å². The number of hydrogen-bond donors (Lipinski definition) is 2. The zero-order valence-electron chi connectivity index (χ0n) is 55.1. The Kier molecular flexibility index (Phi) is 32.3. The molecule has 0 radical (unpaired) electrons. The highest BCUT2D eigenvalue weighted by atomic mass is 16.7. The maximum absolute atomic E-state index is 10.2. The standard InChI is InChI=1S/C17H28O8.C14H24O6.C13H22O5.C11H20O5.C9H16O5/c1(13-5-22-13)18-9-17(10-19-2-14-6-23-14,11-20-3-15-7-24-15)12-21-4-16-8-25-16;1-2-14(20-8-13-7-19-13,9-15-3-11-5-17-11)10-16-4-12-6-18-12;1-2-10(1)3-14-4-11(16-8-13-9-18-13)5-15-6-12-7-17-12;1-2-11(12,7-13-3-9-5-15-9)8-14-4-10-6-16-10;10-7(1-11-3-8-5-13-8)2-12-4-9-6-14-9/h13-16H,1-12H2;11-13H,2-10H2,1H3;10-13H,1-9H2;9-10,12H,2-8H2,1H3;7-10H,1-6H2. The van der Waals surface area contributed by atoms with Crippen LogP contribution in [-0.4, -0.2) is 371 Å². The Balaban J connectivity index is 0.000000129. The smallest absolute Gasteiger partial charge is 0.114 e. The van der Waals surface area contributed by atoms with Crippen LogP contribution in [0.25, 0.3) is 0 Å². The normalized spacial score (nSPS) is 32.7. The quantitative estimate of drug-likeness (QED) is 0.0743. The fourth-order valence-corrected chi connectivity index (χ4v) is 8.56. The summed E-state index contributed by atoms with van der Waals surface area (Å²) in [6.07, 6.45) is 6.89. The molecule has 0 aromatic heterocycles. The lowest BCUT2D eigenvalue weighted by Gasteiger charge is -2.32. The van der Waals surface area contributed by atoms with E-state index in [-0.39, 0.29) is 78.7 Å². The van der Waals surface area contributed by atoms with E-state index < -0.39 is 17.3 Å². The van der Waals surface area contributed by atoms with Gasteiger partial charge in [0.05, 0.1) is 256 Å². The van der Waals surface area contributed by atoms with Crippen LogP contribution in [0, 0.1) is 11.3 Å². The van der Waals surface area contributed by atoms with Gasteiger partial charge < -0.3 is 138 Å². The molecule has 13 heterocycles. The van der Waals surface area contributed by atoms with E-state index in [1.165, 1.54) is 12.8 Å². The Morgan fingerprint density at radius 1 is 0.312 bits per heavy atom. The number of rotatable bonds is 56. The third-order valence-corrected chi connectivity index (χ3v) is 16.4. The summed E-state index contributed by atoms with van der Waals surface area (Å²) in [6.45, 7) is 28.6. The van der Waals surface area contributed by atoms with Crippen LogP contribution in [0.3, 0.4) is 0 Å². The molecule has 0 aromatic carbocycles. The molecule has 14 aliphatic rings. The van der Waals surface area contributed by atoms with E-state index in [9.17, 15) is 10.2 Å². The van der Waals surface area contributed by atoms with Gasteiger partial charge in [-0.2, -0.15) is 0 Å². The van der Waals surface area contributed by atoms with E-state index in [1.807, 2.05) is 6.92 Å². The van der Waals surface area contributed by atoms with Gasteiger partial charge in [0.25, 0.3) is 0 Å². The molecule has 0 amide bonds. The molecule has 1 saturated carbocycles. The maximum atomic E-state index is 10.2. The van der Waals surface area contributed by atoms with E-state index in [0.29, 0.717) is 184 Å². The first-order chi connectivity index (χ1) is 45.6. The first-order valence-corrected chi connectivity index (χ1v) is 34.2. The molecule has 0 bridgehead atoms.